The average molecular weight is 322 g/mol. The molecule has 114 valence electrons. The number of aliphatic hydroxyl groups excluding tert-OH is 1. The second-order valence-corrected chi connectivity index (χ2v) is 5.98. The molecule has 0 aromatic heterocycles. The molecule has 0 heterocycles. The lowest BCUT2D eigenvalue weighted by Gasteiger charge is -2.24. The van der Waals surface area contributed by atoms with Crippen LogP contribution in [0, 0.1) is 0 Å². The van der Waals surface area contributed by atoms with E-state index in [9.17, 15) is 5.11 Å². The molecular formula is C14H21Cl2NO3. The van der Waals surface area contributed by atoms with Gasteiger partial charge in [-0.1, -0.05) is 23.2 Å². The molecule has 1 rings (SSSR count). The molecule has 0 spiro atoms. The first-order valence-electron chi connectivity index (χ1n) is 6.36. The predicted octanol–water partition coefficient (Wildman–Crippen LogP) is 2.75. The van der Waals surface area contributed by atoms with Gasteiger partial charge in [0.2, 0.25) is 0 Å². The van der Waals surface area contributed by atoms with Crippen LogP contribution in [0.1, 0.15) is 13.8 Å². The van der Waals surface area contributed by atoms with Gasteiger partial charge in [0.15, 0.2) is 0 Å². The molecule has 0 fully saturated rings. The third-order valence-electron chi connectivity index (χ3n) is 2.81. The minimum absolute atomic E-state index is 0.139. The molecule has 0 radical (unpaired) electrons. The van der Waals surface area contributed by atoms with Gasteiger partial charge in [0.25, 0.3) is 0 Å². The number of hydrogen-bond acceptors (Lipinski definition) is 4. The van der Waals surface area contributed by atoms with Crippen molar-refractivity contribution in [1.29, 1.82) is 0 Å². The van der Waals surface area contributed by atoms with Crippen molar-refractivity contribution in [2.75, 3.05) is 26.8 Å². The van der Waals surface area contributed by atoms with Gasteiger partial charge >= 0.3 is 0 Å². The molecule has 1 unspecified atom stereocenters. The van der Waals surface area contributed by atoms with Crippen LogP contribution in [0.25, 0.3) is 0 Å². The van der Waals surface area contributed by atoms with Gasteiger partial charge < -0.3 is 19.9 Å². The quantitative estimate of drug-likeness (QED) is 0.773. The summed E-state index contributed by atoms with van der Waals surface area (Å²) < 4.78 is 10.7. The van der Waals surface area contributed by atoms with E-state index >= 15 is 0 Å². The van der Waals surface area contributed by atoms with E-state index in [1.165, 1.54) is 0 Å². The van der Waals surface area contributed by atoms with E-state index in [1.807, 2.05) is 13.8 Å². The SMILES string of the molecule is COC(C)(C)CNCC(O)COc1cc(Cl)ccc1Cl. The van der Waals surface area contributed by atoms with Crippen molar-refractivity contribution in [2.45, 2.75) is 25.6 Å². The second-order valence-electron chi connectivity index (χ2n) is 5.13. The summed E-state index contributed by atoms with van der Waals surface area (Å²) in [4.78, 5) is 0. The summed E-state index contributed by atoms with van der Waals surface area (Å²) >= 11 is 11.8. The smallest absolute Gasteiger partial charge is 0.139 e. The maximum Gasteiger partial charge on any atom is 0.139 e. The van der Waals surface area contributed by atoms with Crippen molar-refractivity contribution in [3.8, 4) is 5.75 Å². The molecule has 0 aliphatic heterocycles. The van der Waals surface area contributed by atoms with Crippen molar-refractivity contribution >= 4 is 23.2 Å². The Kier molecular flexibility index (Phi) is 7.06. The van der Waals surface area contributed by atoms with Crippen LogP contribution in [0.4, 0.5) is 0 Å². The number of ether oxygens (including phenoxy) is 2. The zero-order valence-electron chi connectivity index (χ0n) is 12.0. The molecule has 4 nitrogen and oxygen atoms in total. The van der Waals surface area contributed by atoms with Gasteiger partial charge in [0, 0.05) is 31.3 Å². The highest BCUT2D eigenvalue weighted by molar-refractivity contribution is 6.34. The summed E-state index contributed by atoms with van der Waals surface area (Å²) in [5.74, 6) is 0.468. The molecule has 0 aliphatic carbocycles. The molecule has 2 N–H and O–H groups in total. The molecule has 0 amide bonds. The van der Waals surface area contributed by atoms with Crippen LogP contribution in [-0.2, 0) is 4.74 Å². The van der Waals surface area contributed by atoms with E-state index in [-0.39, 0.29) is 12.2 Å². The highest BCUT2D eigenvalue weighted by atomic mass is 35.5. The Hall–Kier alpha value is -0.520. The van der Waals surface area contributed by atoms with E-state index in [0.717, 1.165) is 0 Å². The fourth-order valence-electron chi connectivity index (χ4n) is 1.44. The zero-order chi connectivity index (χ0) is 15.2. The number of halogens is 2. The Morgan fingerprint density at radius 1 is 1.35 bits per heavy atom. The van der Waals surface area contributed by atoms with Gasteiger partial charge in [-0.05, 0) is 26.0 Å². The van der Waals surface area contributed by atoms with Gasteiger partial charge in [0.1, 0.15) is 18.5 Å². The molecule has 1 atom stereocenters. The van der Waals surface area contributed by atoms with Gasteiger partial charge in [-0.2, -0.15) is 0 Å². The number of benzene rings is 1. The zero-order valence-corrected chi connectivity index (χ0v) is 13.5. The minimum atomic E-state index is -0.641. The number of nitrogens with one attached hydrogen (secondary N) is 1. The van der Waals surface area contributed by atoms with Crippen molar-refractivity contribution in [3.63, 3.8) is 0 Å². The molecule has 1 aromatic rings. The van der Waals surface area contributed by atoms with Gasteiger partial charge in [-0.25, -0.2) is 0 Å². The normalized spacial score (nSPS) is 13.3. The summed E-state index contributed by atoms with van der Waals surface area (Å²) in [6, 6.07) is 4.96. The molecule has 1 aromatic carbocycles. The lowest BCUT2D eigenvalue weighted by Crippen LogP contribution is -2.41. The van der Waals surface area contributed by atoms with Crippen LogP contribution in [-0.4, -0.2) is 43.6 Å². The maximum atomic E-state index is 9.84. The van der Waals surface area contributed by atoms with E-state index in [4.69, 9.17) is 32.7 Å². The Morgan fingerprint density at radius 3 is 2.70 bits per heavy atom. The summed E-state index contributed by atoms with van der Waals surface area (Å²) in [5.41, 5.74) is -0.267. The molecular weight excluding hydrogens is 301 g/mol. The van der Waals surface area contributed by atoms with E-state index in [1.54, 1.807) is 25.3 Å². The van der Waals surface area contributed by atoms with E-state index < -0.39 is 6.10 Å². The Labute approximate surface area is 130 Å². The summed E-state index contributed by atoms with van der Waals surface area (Å²) in [6.07, 6.45) is -0.641. The fourth-order valence-corrected chi connectivity index (χ4v) is 1.78. The highest BCUT2D eigenvalue weighted by Gasteiger charge is 2.16. The van der Waals surface area contributed by atoms with Crippen LogP contribution in [0.3, 0.4) is 0 Å². The van der Waals surface area contributed by atoms with Crippen LogP contribution >= 0.6 is 23.2 Å². The Bertz CT molecular complexity index is 427. The monoisotopic (exact) mass is 321 g/mol. The van der Waals surface area contributed by atoms with Crippen LogP contribution in [0.15, 0.2) is 18.2 Å². The van der Waals surface area contributed by atoms with Gasteiger partial charge in [-0.15, -0.1) is 0 Å². The summed E-state index contributed by atoms with van der Waals surface area (Å²) in [5, 5.41) is 14.0. The van der Waals surface area contributed by atoms with Crippen molar-refractivity contribution in [1.82, 2.24) is 5.32 Å². The Morgan fingerprint density at radius 2 is 2.05 bits per heavy atom. The standard InChI is InChI=1S/C14H21Cl2NO3/c1-14(2,19-3)9-17-7-11(18)8-20-13-6-10(15)4-5-12(13)16/h4-6,11,17-18H,7-9H2,1-3H3. The largest absolute Gasteiger partial charge is 0.489 e. The summed E-state index contributed by atoms with van der Waals surface area (Å²) in [6.45, 7) is 5.12. The fraction of sp³-hybridized carbons (Fsp3) is 0.571. The van der Waals surface area contributed by atoms with E-state index in [0.29, 0.717) is 28.9 Å². The summed E-state index contributed by atoms with van der Waals surface area (Å²) in [7, 11) is 1.66. The first-order chi connectivity index (χ1) is 9.34. The highest BCUT2D eigenvalue weighted by Crippen LogP contribution is 2.27. The maximum absolute atomic E-state index is 9.84. The van der Waals surface area contributed by atoms with Crippen LogP contribution < -0.4 is 10.1 Å². The topological polar surface area (TPSA) is 50.7 Å². The molecule has 0 saturated heterocycles. The average Bonchev–Trinajstić information content (AvgIpc) is 2.39. The van der Waals surface area contributed by atoms with Crippen molar-refractivity contribution in [3.05, 3.63) is 28.2 Å². The second kappa shape index (κ2) is 8.05. The van der Waals surface area contributed by atoms with Crippen LogP contribution in [0.2, 0.25) is 10.0 Å². The first-order valence-corrected chi connectivity index (χ1v) is 7.11. The minimum Gasteiger partial charge on any atom is -0.489 e. The van der Waals surface area contributed by atoms with Crippen LogP contribution in [0.5, 0.6) is 5.75 Å². The predicted molar refractivity (Wildman–Crippen MR) is 81.9 cm³/mol. The Balaban J connectivity index is 2.33. The third kappa shape index (κ3) is 6.29. The molecule has 0 saturated carbocycles. The number of rotatable bonds is 8. The van der Waals surface area contributed by atoms with Gasteiger partial charge in [0.05, 0.1) is 10.6 Å². The number of methoxy groups -OCH3 is 1. The lowest BCUT2D eigenvalue weighted by molar-refractivity contribution is 0.0191. The van der Waals surface area contributed by atoms with Crippen molar-refractivity contribution in [2.24, 2.45) is 0 Å². The van der Waals surface area contributed by atoms with Gasteiger partial charge in [-0.3, -0.25) is 0 Å². The van der Waals surface area contributed by atoms with E-state index in [2.05, 4.69) is 5.32 Å². The third-order valence-corrected chi connectivity index (χ3v) is 3.36. The molecule has 0 aliphatic rings. The van der Waals surface area contributed by atoms with Crippen molar-refractivity contribution < 1.29 is 14.6 Å². The number of hydrogen-bond donors (Lipinski definition) is 2. The molecule has 20 heavy (non-hydrogen) atoms. The molecule has 0 bridgehead atoms. The molecule has 6 heteroatoms. The lowest BCUT2D eigenvalue weighted by atomic mass is 10.1. The first kappa shape index (κ1) is 17.5. The number of aliphatic hydroxyl groups is 1.